The fourth-order valence-electron chi connectivity index (χ4n) is 2.46. The normalized spacial score (nSPS) is 11.5. The molecule has 0 aromatic heterocycles. The monoisotopic (exact) mass is 354 g/mol. The van der Waals surface area contributed by atoms with Crippen molar-refractivity contribution in [3.05, 3.63) is 65.2 Å². The molecule has 0 radical (unpaired) electrons. The van der Waals surface area contributed by atoms with Crippen LogP contribution in [0.3, 0.4) is 0 Å². The molecule has 0 fully saturated rings. The average molecular weight is 354 g/mol. The predicted molar refractivity (Wildman–Crippen MR) is 107 cm³/mol. The van der Waals surface area contributed by atoms with Gasteiger partial charge in [0.1, 0.15) is 12.4 Å². The number of amides is 1. The van der Waals surface area contributed by atoms with Gasteiger partial charge < -0.3 is 15.0 Å². The Morgan fingerprint density at radius 3 is 2.15 bits per heavy atom. The minimum absolute atomic E-state index is 0.0585. The minimum atomic E-state index is -0.0585. The van der Waals surface area contributed by atoms with Gasteiger partial charge in [-0.25, -0.2) is 0 Å². The highest BCUT2D eigenvalue weighted by atomic mass is 16.5. The van der Waals surface area contributed by atoms with E-state index < -0.39 is 0 Å². The number of hydrogen-bond acceptors (Lipinski definition) is 3. The molecule has 2 rings (SSSR count). The van der Waals surface area contributed by atoms with Crippen LogP contribution in [0.4, 0.5) is 0 Å². The van der Waals surface area contributed by atoms with Gasteiger partial charge in [-0.1, -0.05) is 45.0 Å². The summed E-state index contributed by atoms with van der Waals surface area (Å²) in [6.45, 7) is 8.53. The second kappa shape index (κ2) is 8.86. The Balaban J connectivity index is 1.85. The van der Waals surface area contributed by atoms with Gasteiger partial charge in [0.05, 0.1) is 0 Å². The van der Waals surface area contributed by atoms with Crippen molar-refractivity contribution >= 4 is 5.91 Å². The van der Waals surface area contributed by atoms with E-state index in [0.29, 0.717) is 18.7 Å². The zero-order valence-electron chi connectivity index (χ0n) is 16.5. The van der Waals surface area contributed by atoms with Crippen LogP contribution in [0.2, 0.25) is 0 Å². The first-order chi connectivity index (χ1) is 12.3. The second-order valence-electron chi connectivity index (χ2n) is 7.81. The molecule has 0 saturated heterocycles. The molecule has 140 valence electrons. The average Bonchev–Trinajstić information content (AvgIpc) is 2.60. The lowest BCUT2D eigenvalue weighted by Gasteiger charge is -2.19. The molecule has 4 nitrogen and oxygen atoms in total. The summed E-state index contributed by atoms with van der Waals surface area (Å²) in [7, 11) is 4.04. The lowest BCUT2D eigenvalue weighted by molar-refractivity contribution is 0.0951. The van der Waals surface area contributed by atoms with E-state index in [1.165, 1.54) is 5.56 Å². The Hall–Kier alpha value is -2.33. The third-order valence-corrected chi connectivity index (χ3v) is 4.20. The largest absolute Gasteiger partial charge is 0.492 e. The van der Waals surface area contributed by atoms with Crippen LogP contribution < -0.4 is 10.1 Å². The van der Waals surface area contributed by atoms with Crippen LogP contribution in [0.15, 0.2) is 48.5 Å². The quantitative estimate of drug-likeness (QED) is 0.821. The molecule has 0 aliphatic heterocycles. The van der Waals surface area contributed by atoms with Crippen molar-refractivity contribution in [2.75, 3.05) is 27.2 Å². The third-order valence-electron chi connectivity index (χ3n) is 4.20. The molecule has 1 N–H and O–H groups in total. The van der Waals surface area contributed by atoms with Gasteiger partial charge in [0.15, 0.2) is 0 Å². The highest BCUT2D eigenvalue weighted by Crippen LogP contribution is 2.22. The molecule has 4 heteroatoms. The minimum Gasteiger partial charge on any atom is -0.492 e. The van der Waals surface area contributed by atoms with Crippen molar-refractivity contribution in [1.82, 2.24) is 10.2 Å². The van der Waals surface area contributed by atoms with E-state index in [1.54, 1.807) is 0 Å². The van der Waals surface area contributed by atoms with Crippen LogP contribution in [-0.2, 0) is 12.0 Å². The number of ether oxygens (including phenoxy) is 1. The third kappa shape index (κ3) is 6.19. The van der Waals surface area contributed by atoms with Crippen LogP contribution in [0, 0.1) is 0 Å². The van der Waals surface area contributed by atoms with Crippen molar-refractivity contribution in [2.45, 2.75) is 32.7 Å². The Bertz CT molecular complexity index is 698. The Morgan fingerprint density at radius 2 is 1.62 bits per heavy atom. The highest BCUT2D eigenvalue weighted by Gasteiger charge is 2.14. The summed E-state index contributed by atoms with van der Waals surface area (Å²) in [6, 6.07) is 15.7. The topological polar surface area (TPSA) is 41.6 Å². The maximum absolute atomic E-state index is 12.3. The number of likely N-dealkylation sites (N-methyl/N-ethyl adjacent to an activating group) is 1. The molecule has 0 heterocycles. The molecule has 2 aromatic rings. The lowest BCUT2D eigenvalue weighted by atomic mass is 9.87. The number of nitrogens with zero attached hydrogens (tertiary/aromatic N) is 1. The van der Waals surface area contributed by atoms with Gasteiger partial charge in [-0.05, 0) is 54.9 Å². The van der Waals surface area contributed by atoms with Crippen molar-refractivity contribution in [1.29, 1.82) is 0 Å². The first-order valence-electron chi connectivity index (χ1n) is 9.01. The molecule has 0 bridgehead atoms. The number of carbonyl (C=O) groups is 1. The van der Waals surface area contributed by atoms with E-state index in [1.807, 2.05) is 62.6 Å². The van der Waals surface area contributed by atoms with Gasteiger partial charge in [0.25, 0.3) is 5.91 Å². The zero-order valence-corrected chi connectivity index (χ0v) is 16.5. The Morgan fingerprint density at radius 1 is 1.00 bits per heavy atom. The maximum atomic E-state index is 12.3. The van der Waals surface area contributed by atoms with Crippen LogP contribution >= 0.6 is 0 Å². The van der Waals surface area contributed by atoms with Crippen LogP contribution in [0.5, 0.6) is 5.75 Å². The van der Waals surface area contributed by atoms with E-state index in [9.17, 15) is 4.79 Å². The van der Waals surface area contributed by atoms with Gasteiger partial charge in [0.2, 0.25) is 0 Å². The van der Waals surface area contributed by atoms with Crippen LogP contribution in [0.25, 0.3) is 0 Å². The van der Waals surface area contributed by atoms with Gasteiger partial charge in [0, 0.05) is 18.7 Å². The van der Waals surface area contributed by atoms with E-state index in [2.05, 4.69) is 31.0 Å². The molecule has 26 heavy (non-hydrogen) atoms. The van der Waals surface area contributed by atoms with E-state index in [-0.39, 0.29) is 11.3 Å². The molecular formula is C22H30N2O2. The van der Waals surface area contributed by atoms with Crippen LogP contribution in [0.1, 0.15) is 42.3 Å². The van der Waals surface area contributed by atoms with Crippen molar-refractivity contribution in [3.63, 3.8) is 0 Å². The summed E-state index contributed by atoms with van der Waals surface area (Å²) in [5.41, 5.74) is 3.04. The molecule has 0 spiro atoms. The number of benzene rings is 2. The number of nitrogens with one attached hydrogen (secondary N) is 1. The summed E-state index contributed by atoms with van der Waals surface area (Å²) in [4.78, 5) is 14.4. The summed E-state index contributed by atoms with van der Waals surface area (Å²) in [5.74, 6) is 0.788. The smallest absolute Gasteiger partial charge is 0.251 e. The number of hydrogen-bond donors (Lipinski definition) is 1. The predicted octanol–water partition coefficient (Wildman–Crippen LogP) is 3.85. The summed E-state index contributed by atoms with van der Waals surface area (Å²) in [6.07, 6.45) is 0. The molecule has 0 atom stereocenters. The summed E-state index contributed by atoms with van der Waals surface area (Å²) < 4.78 is 5.68. The second-order valence-corrected chi connectivity index (χ2v) is 7.81. The number of rotatable bonds is 7. The SMILES string of the molecule is CN(C)CCOc1ccc(CNC(=O)c2ccc(C(C)(C)C)cc2)cc1. The molecule has 0 unspecified atom stereocenters. The molecule has 0 aliphatic carbocycles. The van der Waals surface area contributed by atoms with Crippen LogP contribution in [-0.4, -0.2) is 38.1 Å². The van der Waals surface area contributed by atoms with Crippen molar-refractivity contribution < 1.29 is 9.53 Å². The first kappa shape index (κ1) is 20.0. The lowest BCUT2D eigenvalue weighted by Crippen LogP contribution is -2.23. The van der Waals surface area contributed by atoms with E-state index in [4.69, 9.17) is 4.74 Å². The van der Waals surface area contributed by atoms with Gasteiger partial charge in [-0.3, -0.25) is 4.79 Å². The van der Waals surface area contributed by atoms with Crippen molar-refractivity contribution in [3.8, 4) is 5.75 Å². The molecule has 0 saturated carbocycles. The van der Waals surface area contributed by atoms with E-state index in [0.717, 1.165) is 17.9 Å². The van der Waals surface area contributed by atoms with Gasteiger partial charge in [-0.15, -0.1) is 0 Å². The molecule has 1 amide bonds. The summed E-state index contributed by atoms with van der Waals surface area (Å²) in [5, 5.41) is 2.96. The highest BCUT2D eigenvalue weighted by molar-refractivity contribution is 5.94. The summed E-state index contributed by atoms with van der Waals surface area (Å²) >= 11 is 0. The maximum Gasteiger partial charge on any atom is 0.251 e. The zero-order chi connectivity index (χ0) is 19.2. The molecular weight excluding hydrogens is 324 g/mol. The molecule has 2 aromatic carbocycles. The first-order valence-corrected chi connectivity index (χ1v) is 9.01. The van der Waals surface area contributed by atoms with Crippen molar-refractivity contribution in [2.24, 2.45) is 0 Å². The van der Waals surface area contributed by atoms with E-state index >= 15 is 0 Å². The standard InChI is InChI=1S/C22H30N2O2/c1-22(2,3)19-10-8-18(9-11-19)21(25)23-16-17-6-12-20(13-7-17)26-15-14-24(4)5/h6-13H,14-16H2,1-5H3,(H,23,25). The fourth-order valence-corrected chi connectivity index (χ4v) is 2.46. The van der Waals surface area contributed by atoms with Gasteiger partial charge in [-0.2, -0.15) is 0 Å². The molecule has 0 aliphatic rings. The Kier molecular flexibility index (Phi) is 6.81. The van der Waals surface area contributed by atoms with Gasteiger partial charge >= 0.3 is 0 Å². The number of carbonyl (C=O) groups excluding carboxylic acids is 1. The fraction of sp³-hybridized carbons (Fsp3) is 0.409. The Labute approximate surface area is 157 Å².